The normalized spacial score (nSPS) is 12.0. The average Bonchev–Trinajstić information content (AvgIpc) is 3.84. The quantitative estimate of drug-likeness (QED) is 0.206. The second kappa shape index (κ2) is 9.65. The zero-order valence-corrected chi connectivity index (χ0v) is 24.9. The van der Waals surface area contributed by atoms with E-state index in [4.69, 9.17) is 4.98 Å². The molecule has 0 atom stereocenters. The molecule has 3 aromatic heterocycles. The number of nitrogens with zero attached hydrogens (tertiary/aromatic N) is 5. The van der Waals surface area contributed by atoms with Gasteiger partial charge >= 0.3 is 0 Å². The van der Waals surface area contributed by atoms with Gasteiger partial charge in [-0.3, -0.25) is 13.6 Å². The van der Waals surface area contributed by atoms with Gasteiger partial charge in [0.1, 0.15) is 0 Å². The van der Waals surface area contributed by atoms with Crippen molar-refractivity contribution in [2.75, 3.05) is 0 Å². The zero-order chi connectivity index (χ0) is 30.2. The molecular formula is C41H27N5. The maximum absolute atomic E-state index is 5.35. The van der Waals surface area contributed by atoms with Gasteiger partial charge < -0.3 is 0 Å². The van der Waals surface area contributed by atoms with E-state index in [0.29, 0.717) is 6.54 Å². The highest BCUT2D eigenvalue weighted by atomic mass is 15.3. The third-order valence-electron chi connectivity index (χ3n) is 9.41. The van der Waals surface area contributed by atoms with Crippen LogP contribution in [-0.2, 0) is 6.54 Å². The van der Waals surface area contributed by atoms with Crippen LogP contribution in [0.25, 0.3) is 78.0 Å². The lowest BCUT2D eigenvalue weighted by Gasteiger charge is -2.23. The van der Waals surface area contributed by atoms with Gasteiger partial charge in [0.15, 0.2) is 0 Å². The topological polar surface area (TPSA) is 40.0 Å². The predicted octanol–water partition coefficient (Wildman–Crippen LogP) is 9.66. The van der Waals surface area contributed by atoms with Crippen molar-refractivity contribution in [1.82, 2.24) is 23.7 Å². The summed E-state index contributed by atoms with van der Waals surface area (Å²) >= 11 is 0. The molecule has 10 rings (SSSR count). The van der Waals surface area contributed by atoms with E-state index in [1.165, 1.54) is 44.5 Å². The summed E-state index contributed by atoms with van der Waals surface area (Å²) in [7, 11) is 0. The van der Waals surface area contributed by atoms with Gasteiger partial charge in [-0.2, -0.15) is 5.10 Å². The predicted molar refractivity (Wildman–Crippen MR) is 186 cm³/mol. The molecule has 1 aliphatic rings. The summed E-state index contributed by atoms with van der Waals surface area (Å²) in [6, 6.07) is 50.3. The summed E-state index contributed by atoms with van der Waals surface area (Å²) in [6.07, 6.45) is 3.82. The molecule has 216 valence electrons. The molecule has 0 N–H and O–H groups in total. The maximum Gasteiger partial charge on any atom is 0.220 e. The second-order valence-corrected chi connectivity index (χ2v) is 11.9. The number of hydrogen-bond donors (Lipinski definition) is 0. The Morgan fingerprint density at radius 2 is 1.04 bits per heavy atom. The van der Waals surface area contributed by atoms with E-state index in [0.717, 1.165) is 39.1 Å². The van der Waals surface area contributed by atoms with Gasteiger partial charge in [-0.15, -0.1) is 0 Å². The lowest BCUT2D eigenvalue weighted by Crippen LogP contribution is -2.01. The molecule has 0 saturated carbocycles. The summed E-state index contributed by atoms with van der Waals surface area (Å²) in [4.78, 5) is 5.35. The van der Waals surface area contributed by atoms with Crippen molar-refractivity contribution < 1.29 is 0 Å². The highest BCUT2D eigenvalue weighted by molar-refractivity contribution is 6.03. The van der Waals surface area contributed by atoms with E-state index in [9.17, 15) is 0 Å². The van der Waals surface area contributed by atoms with Crippen LogP contribution >= 0.6 is 0 Å². The molecule has 0 aliphatic heterocycles. The molecule has 0 radical (unpaired) electrons. The lowest BCUT2D eigenvalue weighted by atomic mass is 9.81. The molecule has 9 aromatic rings. The number of fused-ring (bicyclic) bond motifs is 13. The van der Waals surface area contributed by atoms with E-state index < -0.39 is 0 Å². The Hall–Kier alpha value is -6.20. The SMILES string of the molecule is c1ccc2c(c1)-c1ccccc1-c1ccc(-n3c4ccccc4n4c5cccc(Cn6cccn6)c5nc34)cc1-c1ccccc1-2. The first-order valence-electron chi connectivity index (χ1n) is 15.6. The van der Waals surface area contributed by atoms with E-state index in [2.05, 4.69) is 148 Å². The Morgan fingerprint density at radius 1 is 0.478 bits per heavy atom. The van der Waals surface area contributed by atoms with Crippen LogP contribution in [0.4, 0.5) is 0 Å². The van der Waals surface area contributed by atoms with Gasteiger partial charge in [-0.1, -0.05) is 103 Å². The summed E-state index contributed by atoms with van der Waals surface area (Å²) in [5, 5.41) is 4.46. The van der Waals surface area contributed by atoms with Crippen molar-refractivity contribution in [2.45, 2.75) is 6.54 Å². The largest absolute Gasteiger partial charge is 0.278 e. The Labute approximate surface area is 265 Å². The molecule has 0 unspecified atom stereocenters. The van der Waals surface area contributed by atoms with Crippen LogP contribution in [0.3, 0.4) is 0 Å². The molecule has 0 amide bonds. The summed E-state index contributed by atoms with van der Waals surface area (Å²) < 4.78 is 6.56. The van der Waals surface area contributed by atoms with E-state index >= 15 is 0 Å². The fraction of sp³-hybridized carbons (Fsp3) is 0.0244. The Morgan fingerprint density at radius 3 is 1.67 bits per heavy atom. The molecule has 0 saturated heterocycles. The fourth-order valence-electron chi connectivity index (χ4n) is 7.42. The maximum atomic E-state index is 5.35. The van der Waals surface area contributed by atoms with E-state index in [1.54, 1.807) is 0 Å². The molecule has 5 heteroatoms. The molecule has 5 nitrogen and oxygen atoms in total. The van der Waals surface area contributed by atoms with Crippen molar-refractivity contribution in [3.63, 3.8) is 0 Å². The van der Waals surface area contributed by atoms with Crippen molar-refractivity contribution in [3.05, 3.63) is 157 Å². The zero-order valence-electron chi connectivity index (χ0n) is 24.9. The Kier molecular flexibility index (Phi) is 5.28. The van der Waals surface area contributed by atoms with E-state index in [-0.39, 0.29) is 0 Å². The number of rotatable bonds is 3. The van der Waals surface area contributed by atoms with Crippen molar-refractivity contribution >= 4 is 27.8 Å². The number of aromatic nitrogens is 5. The monoisotopic (exact) mass is 589 g/mol. The third-order valence-corrected chi connectivity index (χ3v) is 9.41. The van der Waals surface area contributed by atoms with Gasteiger partial charge in [0, 0.05) is 23.6 Å². The van der Waals surface area contributed by atoms with Crippen LogP contribution in [0.1, 0.15) is 5.56 Å². The number of para-hydroxylation sites is 3. The summed E-state index contributed by atoms with van der Waals surface area (Å²) in [5.74, 6) is 0.897. The molecule has 0 spiro atoms. The van der Waals surface area contributed by atoms with Crippen LogP contribution in [0.2, 0.25) is 0 Å². The smallest absolute Gasteiger partial charge is 0.220 e. The first-order chi connectivity index (χ1) is 22.8. The molecule has 0 fully saturated rings. The molecular weight excluding hydrogens is 562 g/mol. The van der Waals surface area contributed by atoms with E-state index in [1.807, 2.05) is 23.1 Å². The first-order valence-corrected chi connectivity index (χ1v) is 15.6. The van der Waals surface area contributed by atoms with Crippen LogP contribution < -0.4 is 0 Å². The highest BCUT2D eigenvalue weighted by Crippen LogP contribution is 2.48. The first kappa shape index (κ1) is 25.2. The minimum Gasteiger partial charge on any atom is -0.278 e. The molecule has 1 aliphatic carbocycles. The molecule has 46 heavy (non-hydrogen) atoms. The third kappa shape index (κ3) is 3.57. The number of benzene rings is 6. The van der Waals surface area contributed by atoms with Crippen molar-refractivity contribution in [2.24, 2.45) is 0 Å². The molecule has 3 heterocycles. The van der Waals surface area contributed by atoms with Crippen molar-refractivity contribution in [1.29, 1.82) is 0 Å². The van der Waals surface area contributed by atoms with Crippen molar-refractivity contribution in [3.8, 4) is 50.2 Å². The van der Waals surface area contributed by atoms with Gasteiger partial charge in [-0.25, -0.2) is 4.98 Å². The van der Waals surface area contributed by atoms with Gasteiger partial charge in [0.05, 0.1) is 28.6 Å². The average molecular weight is 590 g/mol. The van der Waals surface area contributed by atoms with Crippen LogP contribution in [0.5, 0.6) is 0 Å². The van der Waals surface area contributed by atoms with Gasteiger partial charge in [0.25, 0.3) is 0 Å². The summed E-state index contributed by atoms with van der Waals surface area (Å²) in [5.41, 5.74) is 16.5. The van der Waals surface area contributed by atoms with Gasteiger partial charge in [-0.05, 0) is 80.9 Å². The molecule has 6 aromatic carbocycles. The fourth-order valence-corrected chi connectivity index (χ4v) is 7.42. The Bertz CT molecular complexity index is 2610. The van der Waals surface area contributed by atoms with Crippen LogP contribution in [0.15, 0.2) is 152 Å². The standard InChI is InChI=1S/C41H27N5/c1-2-13-30-29(12-1)31-14-3-4-16-33(31)35-22-21-28(25-36(35)34-17-6-5-15-32(30)34)45-37-18-7-8-19-38(37)46-39-20-9-11-27(40(39)43-41(45)46)26-44-24-10-23-42-44/h1-25H,26H2. The number of hydrogen-bond acceptors (Lipinski definition) is 2. The van der Waals surface area contributed by atoms with Crippen LogP contribution in [-0.4, -0.2) is 23.7 Å². The highest BCUT2D eigenvalue weighted by Gasteiger charge is 2.24. The number of imidazole rings is 2. The minimum atomic E-state index is 0.666. The van der Waals surface area contributed by atoms with Crippen LogP contribution in [0, 0.1) is 0 Å². The van der Waals surface area contributed by atoms with Gasteiger partial charge in [0.2, 0.25) is 5.78 Å². The lowest BCUT2D eigenvalue weighted by molar-refractivity contribution is 0.689. The minimum absolute atomic E-state index is 0.666. The second-order valence-electron chi connectivity index (χ2n) is 11.9. The summed E-state index contributed by atoms with van der Waals surface area (Å²) in [6.45, 7) is 0.666. The Balaban J connectivity index is 1.27. The molecule has 0 bridgehead atoms.